The average Bonchev–Trinajstić information content (AvgIpc) is 2.97. The summed E-state index contributed by atoms with van der Waals surface area (Å²) in [5.41, 5.74) is 0. The quantitative estimate of drug-likeness (QED) is 0.432. The molecule has 80 valence electrons. The van der Waals surface area contributed by atoms with Crippen molar-refractivity contribution >= 4 is 14.0 Å². The summed E-state index contributed by atoms with van der Waals surface area (Å²) in [6.07, 6.45) is 18.1. The van der Waals surface area contributed by atoms with E-state index < -0.39 is 0 Å². The molecule has 2 aliphatic carbocycles. The minimum atomic E-state index is 0. The van der Waals surface area contributed by atoms with Crippen molar-refractivity contribution in [1.82, 2.24) is 0 Å². The maximum Gasteiger partial charge on any atom is 2.00 e. The second-order valence-corrected chi connectivity index (χ2v) is 2.60. The van der Waals surface area contributed by atoms with E-state index in [2.05, 4.69) is 6.42 Å². The van der Waals surface area contributed by atoms with Crippen LogP contribution in [0.3, 0.4) is 0 Å². The first kappa shape index (κ1) is 19.7. The maximum atomic E-state index is 10.5. The van der Waals surface area contributed by atoms with Crippen molar-refractivity contribution in [2.24, 2.45) is 0 Å². The van der Waals surface area contributed by atoms with Crippen molar-refractivity contribution < 1.29 is 46.8 Å². The molecule has 1 nitrogen and oxygen atoms in total. The Morgan fingerprint density at radius 3 is 1.75 bits per heavy atom. The van der Waals surface area contributed by atoms with Crippen LogP contribution in [0.1, 0.15) is 6.92 Å². The van der Waals surface area contributed by atoms with Crippen LogP contribution in [0.2, 0.25) is 0 Å². The van der Waals surface area contributed by atoms with Gasteiger partial charge in [0.2, 0.25) is 0 Å². The Balaban J connectivity index is 0. The molecule has 0 unspecified atom stereocenters. The number of Topliss-reactive ketones (excluding diaryl/α,β-unsaturated/α-hetero) is 1. The van der Waals surface area contributed by atoms with Crippen LogP contribution in [0.4, 0.5) is 0 Å². The van der Waals surface area contributed by atoms with E-state index in [4.69, 9.17) is 8.25 Å². The predicted molar refractivity (Wildman–Crippen MR) is 57.4 cm³/mol. The Kier molecular flexibility index (Phi) is 17.9. The molecule has 0 atom stereocenters. The van der Waals surface area contributed by atoms with Crippen LogP contribution in [-0.2, 0) is 46.8 Å². The molecule has 0 bridgehead atoms. The van der Waals surface area contributed by atoms with Gasteiger partial charge in [0.1, 0.15) is 5.78 Å². The molecule has 0 aliphatic heterocycles. The normalized spacial score (nSPS) is 18.8. The van der Waals surface area contributed by atoms with Crippen LogP contribution in [-0.4, -0.2) is 5.78 Å². The number of ketones is 1. The molecule has 0 aromatic heterocycles. The molecule has 2 rings (SSSR count). The van der Waals surface area contributed by atoms with Gasteiger partial charge in [-0.3, -0.25) is 0 Å². The molecular weight excluding hydrogens is 452 g/mol. The van der Waals surface area contributed by atoms with Crippen molar-refractivity contribution in [1.29, 1.82) is 0 Å². The number of hydrogen-bond donors (Lipinski definition) is 0. The third-order valence-corrected chi connectivity index (χ3v) is 1.53. The van der Waals surface area contributed by atoms with Gasteiger partial charge in [0.25, 0.3) is 0 Å². The smallest absolute Gasteiger partial charge is 2.00 e. The van der Waals surface area contributed by atoms with Gasteiger partial charge in [-0.25, -0.2) is 6.42 Å². The second kappa shape index (κ2) is 14.5. The average molecular weight is 463 g/mol. The molecule has 2 saturated carbocycles. The first-order chi connectivity index (χ1) is 7.30. The van der Waals surface area contributed by atoms with E-state index in [1.165, 1.54) is 6.92 Å². The minimum absolute atomic E-state index is 0. The molecule has 0 saturated heterocycles. The maximum absolute atomic E-state index is 10.5. The zero-order valence-corrected chi connectivity index (χ0v) is 16.3. The van der Waals surface area contributed by atoms with Crippen molar-refractivity contribution in [2.75, 3.05) is 0 Å². The van der Waals surface area contributed by atoms with Crippen LogP contribution in [0.15, 0.2) is 0 Å². The molecule has 0 N–H and O–H groups in total. The molecule has 16 heavy (non-hydrogen) atoms. The largest absolute Gasteiger partial charge is 2.00 e. The topological polar surface area (TPSA) is 17.1 Å². The minimum Gasteiger partial charge on any atom is 2.00 e. The summed E-state index contributed by atoms with van der Waals surface area (Å²) < 4.78 is 0. The molecule has 4 heteroatoms. The molecule has 0 aromatic rings. The van der Waals surface area contributed by atoms with Gasteiger partial charge in [0.05, 0.1) is 0 Å². The third-order valence-electron chi connectivity index (χ3n) is 1.53. The van der Waals surface area contributed by atoms with Gasteiger partial charge in [-0.2, -0.15) is 0 Å². The van der Waals surface area contributed by atoms with E-state index in [-0.39, 0.29) is 22.9 Å². The van der Waals surface area contributed by atoms with Gasteiger partial charge >= 0.3 is 50.2 Å². The molecule has 2 aliphatic rings. The summed E-state index contributed by atoms with van der Waals surface area (Å²) in [6, 6.07) is 0. The van der Waals surface area contributed by atoms with Crippen molar-refractivity contribution in [3.63, 3.8) is 0 Å². The number of hydrogen-bond acceptors (Lipinski definition) is 1. The van der Waals surface area contributed by atoms with Gasteiger partial charge in [0.15, 0.2) is 0 Å². The second-order valence-electron chi connectivity index (χ2n) is 2.60. The molecule has 2 fully saturated rings. The molecular formula is C12H11ClFeHgO+2. The van der Waals surface area contributed by atoms with Crippen molar-refractivity contribution in [3.8, 4) is 0 Å². The fourth-order valence-electron chi connectivity index (χ4n) is 0.870. The monoisotopic (exact) mass is 464 g/mol. The zero-order valence-electron chi connectivity index (χ0n) is 8.97. The predicted octanol–water partition coefficient (Wildman–Crippen LogP) is 2.56. The fraction of sp³-hybridized carbons (Fsp3) is 0.0833. The first-order valence-electron chi connectivity index (χ1n) is 4.38. The van der Waals surface area contributed by atoms with Crippen LogP contribution >= 0.6 is 8.25 Å². The molecule has 0 aromatic carbocycles. The Bertz CT molecular complexity index is 149. The number of carbonyl (C=O) groups excluding carboxylic acids is 1. The number of halogens is 1. The fourth-order valence-corrected chi connectivity index (χ4v) is 0.870. The van der Waals surface area contributed by atoms with Crippen molar-refractivity contribution in [3.05, 3.63) is 63.7 Å². The summed E-state index contributed by atoms with van der Waals surface area (Å²) in [5, 5.41) is 0. The summed E-state index contributed by atoms with van der Waals surface area (Å²) >= 11 is 0.500. The Hall–Kier alpha value is 1.41. The van der Waals surface area contributed by atoms with Gasteiger partial charge < -0.3 is 11.2 Å². The molecule has 10 radical (unpaired) electrons. The van der Waals surface area contributed by atoms with Gasteiger partial charge in [-0.05, 0) is 39.0 Å². The van der Waals surface area contributed by atoms with E-state index in [0.29, 0.717) is 30.8 Å². The van der Waals surface area contributed by atoms with Gasteiger partial charge in [0, 0.05) is 0 Å². The van der Waals surface area contributed by atoms with E-state index in [1.807, 2.05) is 32.1 Å². The zero-order chi connectivity index (χ0) is 11.5. The van der Waals surface area contributed by atoms with Gasteiger partial charge in [-0.15, -0.1) is 5.92 Å². The van der Waals surface area contributed by atoms with Gasteiger partial charge in [-0.1, -0.05) is 12.8 Å². The van der Waals surface area contributed by atoms with Crippen LogP contribution in [0, 0.1) is 63.7 Å². The molecule has 0 amide bonds. The number of rotatable bonds is 1. The van der Waals surface area contributed by atoms with Crippen LogP contribution < -0.4 is 0 Å². The number of carbonyl (C=O) groups is 1. The Labute approximate surface area is 130 Å². The summed E-state index contributed by atoms with van der Waals surface area (Å²) in [6.45, 7) is 1.53. The first-order valence-corrected chi connectivity index (χ1v) is 11.2. The molecule has 0 heterocycles. The summed E-state index contributed by atoms with van der Waals surface area (Å²) in [7, 11) is 4.83. The Morgan fingerprint density at radius 1 is 1.12 bits per heavy atom. The van der Waals surface area contributed by atoms with E-state index in [1.54, 1.807) is 19.3 Å². The van der Waals surface area contributed by atoms with Crippen LogP contribution in [0.5, 0.6) is 0 Å². The standard InChI is InChI=1S/C7H6O.C5H5.ClH.Fe.Hg/c1-6(8)7-4-2-3-5-7;1-2-4-5-3-1;;;/h2-4H,1H3;1-5H;1H;;/q-1;;;2*+2/p-1. The Morgan fingerprint density at radius 2 is 1.56 bits per heavy atom. The summed E-state index contributed by atoms with van der Waals surface area (Å²) in [4.78, 5) is 10.5. The third kappa shape index (κ3) is 10.6. The SMILES string of the molecule is CC(=O)[C]1[C-][CH][CH][CH]1.[CH]1[CH][CH][CH][CH]1.[Cl][Hg+].[Fe+2]. The van der Waals surface area contributed by atoms with Crippen LogP contribution in [0.25, 0.3) is 0 Å². The molecule has 0 spiro atoms. The van der Waals surface area contributed by atoms with E-state index >= 15 is 0 Å². The van der Waals surface area contributed by atoms with E-state index in [0.717, 1.165) is 0 Å². The van der Waals surface area contributed by atoms with Crippen molar-refractivity contribution in [2.45, 2.75) is 6.92 Å². The van der Waals surface area contributed by atoms with E-state index in [9.17, 15) is 4.79 Å². The summed E-state index contributed by atoms with van der Waals surface area (Å²) in [5.74, 6) is 0.750.